The maximum Gasteiger partial charge on any atom is 0.0626 e. The van der Waals surface area contributed by atoms with Crippen LogP contribution in [0.1, 0.15) is 59.3 Å². The SMILES string of the molecule is CC(C)(C)C(N)COC1CCCCCC1. The molecule has 0 saturated heterocycles. The van der Waals surface area contributed by atoms with Crippen molar-refractivity contribution in [2.75, 3.05) is 6.61 Å². The summed E-state index contributed by atoms with van der Waals surface area (Å²) < 4.78 is 5.93. The summed E-state index contributed by atoms with van der Waals surface area (Å²) >= 11 is 0. The summed E-state index contributed by atoms with van der Waals surface area (Å²) in [5, 5.41) is 0. The van der Waals surface area contributed by atoms with Crippen molar-refractivity contribution >= 4 is 0 Å². The van der Waals surface area contributed by atoms with Gasteiger partial charge in [0.15, 0.2) is 0 Å². The zero-order valence-corrected chi connectivity index (χ0v) is 10.6. The quantitative estimate of drug-likeness (QED) is 0.731. The van der Waals surface area contributed by atoms with E-state index in [0.717, 1.165) is 0 Å². The van der Waals surface area contributed by atoms with Crippen molar-refractivity contribution in [1.82, 2.24) is 0 Å². The molecule has 1 unspecified atom stereocenters. The first-order chi connectivity index (χ1) is 7.00. The molecule has 2 heteroatoms. The van der Waals surface area contributed by atoms with Crippen molar-refractivity contribution in [2.45, 2.75) is 71.4 Å². The van der Waals surface area contributed by atoms with Gasteiger partial charge in [0.2, 0.25) is 0 Å². The molecule has 0 bridgehead atoms. The molecule has 0 amide bonds. The molecule has 1 aliphatic rings. The monoisotopic (exact) mass is 213 g/mol. The van der Waals surface area contributed by atoms with Crippen molar-refractivity contribution in [3.63, 3.8) is 0 Å². The highest BCUT2D eigenvalue weighted by Crippen LogP contribution is 2.22. The van der Waals surface area contributed by atoms with Crippen LogP contribution in [0.25, 0.3) is 0 Å². The Balaban J connectivity index is 2.23. The van der Waals surface area contributed by atoms with Crippen molar-refractivity contribution in [2.24, 2.45) is 11.1 Å². The van der Waals surface area contributed by atoms with Crippen molar-refractivity contribution < 1.29 is 4.74 Å². The number of nitrogens with two attached hydrogens (primary N) is 1. The van der Waals surface area contributed by atoms with Crippen molar-refractivity contribution in [3.05, 3.63) is 0 Å². The molecular weight excluding hydrogens is 186 g/mol. The minimum atomic E-state index is 0.153. The number of ether oxygens (including phenoxy) is 1. The number of hydrogen-bond acceptors (Lipinski definition) is 2. The molecule has 1 rings (SSSR count). The maximum absolute atomic E-state index is 6.08. The summed E-state index contributed by atoms with van der Waals surface area (Å²) in [6, 6.07) is 0.153. The van der Waals surface area contributed by atoms with Gasteiger partial charge in [0.1, 0.15) is 0 Å². The maximum atomic E-state index is 6.08. The average Bonchev–Trinajstić information content (AvgIpc) is 2.40. The molecule has 90 valence electrons. The van der Waals surface area contributed by atoms with Crippen LogP contribution >= 0.6 is 0 Å². The second-order valence-electron chi connectivity index (χ2n) is 5.92. The van der Waals surface area contributed by atoms with Gasteiger partial charge in [-0.2, -0.15) is 0 Å². The van der Waals surface area contributed by atoms with Gasteiger partial charge in [0.25, 0.3) is 0 Å². The molecule has 0 spiro atoms. The molecule has 1 aliphatic carbocycles. The van der Waals surface area contributed by atoms with Crippen LogP contribution in [0.5, 0.6) is 0 Å². The van der Waals surface area contributed by atoms with Crippen LogP contribution < -0.4 is 5.73 Å². The highest BCUT2D eigenvalue weighted by molar-refractivity contribution is 4.77. The molecule has 0 aliphatic heterocycles. The van der Waals surface area contributed by atoms with Gasteiger partial charge in [-0.15, -0.1) is 0 Å². The first kappa shape index (κ1) is 13.0. The lowest BCUT2D eigenvalue weighted by molar-refractivity contribution is 0.0181. The standard InChI is InChI=1S/C13H27NO/c1-13(2,3)12(14)10-15-11-8-6-4-5-7-9-11/h11-12H,4-10,14H2,1-3H3. The van der Waals surface area contributed by atoms with Crippen LogP contribution in [0, 0.1) is 5.41 Å². The molecule has 0 radical (unpaired) electrons. The lowest BCUT2D eigenvalue weighted by Gasteiger charge is -2.28. The van der Waals surface area contributed by atoms with Crippen LogP contribution in [0.4, 0.5) is 0 Å². The highest BCUT2D eigenvalue weighted by atomic mass is 16.5. The van der Waals surface area contributed by atoms with Gasteiger partial charge in [0, 0.05) is 6.04 Å². The van der Waals surface area contributed by atoms with Gasteiger partial charge >= 0.3 is 0 Å². The molecule has 0 aromatic carbocycles. The van der Waals surface area contributed by atoms with Crippen molar-refractivity contribution in [1.29, 1.82) is 0 Å². The van der Waals surface area contributed by atoms with Crippen LogP contribution in [0.15, 0.2) is 0 Å². The molecule has 2 N–H and O–H groups in total. The zero-order chi connectivity index (χ0) is 11.3. The van der Waals surface area contributed by atoms with E-state index in [2.05, 4.69) is 20.8 Å². The van der Waals surface area contributed by atoms with E-state index in [1.807, 2.05) is 0 Å². The normalized spacial score (nSPS) is 22.4. The first-order valence-electron chi connectivity index (χ1n) is 6.37. The van der Waals surface area contributed by atoms with Gasteiger partial charge in [-0.25, -0.2) is 0 Å². The summed E-state index contributed by atoms with van der Waals surface area (Å²) in [4.78, 5) is 0. The topological polar surface area (TPSA) is 35.2 Å². The number of hydrogen-bond donors (Lipinski definition) is 1. The van der Waals surface area contributed by atoms with Gasteiger partial charge in [-0.05, 0) is 18.3 Å². The second-order valence-corrected chi connectivity index (χ2v) is 5.92. The largest absolute Gasteiger partial charge is 0.377 e. The van der Waals surface area contributed by atoms with Crippen LogP contribution in [0.2, 0.25) is 0 Å². The Morgan fingerprint density at radius 2 is 1.67 bits per heavy atom. The van der Waals surface area contributed by atoms with E-state index in [4.69, 9.17) is 10.5 Å². The fraction of sp³-hybridized carbons (Fsp3) is 1.00. The predicted octanol–water partition coefficient (Wildman–Crippen LogP) is 3.10. The minimum Gasteiger partial charge on any atom is -0.377 e. The Bertz CT molecular complexity index is 166. The summed E-state index contributed by atoms with van der Waals surface area (Å²) in [6.45, 7) is 7.24. The van der Waals surface area contributed by atoms with Crippen LogP contribution in [0.3, 0.4) is 0 Å². The lowest BCUT2D eigenvalue weighted by Crippen LogP contribution is -2.40. The summed E-state index contributed by atoms with van der Waals surface area (Å²) in [7, 11) is 0. The fourth-order valence-electron chi connectivity index (χ4n) is 1.90. The molecule has 0 heterocycles. The fourth-order valence-corrected chi connectivity index (χ4v) is 1.90. The third kappa shape index (κ3) is 4.98. The Morgan fingerprint density at radius 1 is 1.13 bits per heavy atom. The Hall–Kier alpha value is -0.0800. The summed E-state index contributed by atoms with van der Waals surface area (Å²) in [6.07, 6.45) is 8.36. The van der Waals surface area contributed by atoms with E-state index in [-0.39, 0.29) is 11.5 Å². The smallest absolute Gasteiger partial charge is 0.0626 e. The molecule has 0 aromatic rings. The molecule has 2 nitrogen and oxygen atoms in total. The van der Waals surface area contributed by atoms with Gasteiger partial charge in [0.05, 0.1) is 12.7 Å². The van der Waals surface area contributed by atoms with Crippen LogP contribution in [-0.2, 0) is 4.74 Å². The molecule has 0 aromatic heterocycles. The summed E-state index contributed by atoms with van der Waals surface area (Å²) in [5.41, 5.74) is 6.24. The van der Waals surface area contributed by atoms with E-state index in [1.165, 1.54) is 38.5 Å². The minimum absolute atomic E-state index is 0.153. The predicted molar refractivity (Wildman–Crippen MR) is 64.9 cm³/mol. The Morgan fingerprint density at radius 3 is 2.13 bits per heavy atom. The van der Waals surface area contributed by atoms with Gasteiger partial charge < -0.3 is 10.5 Å². The summed E-state index contributed by atoms with van der Waals surface area (Å²) in [5.74, 6) is 0. The highest BCUT2D eigenvalue weighted by Gasteiger charge is 2.22. The zero-order valence-electron chi connectivity index (χ0n) is 10.6. The van der Waals surface area contributed by atoms with E-state index >= 15 is 0 Å². The molecule has 1 fully saturated rings. The van der Waals surface area contributed by atoms with E-state index in [1.54, 1.807) is 0 Å². The number of rotatable bonds is 3. The average molecular weight is 213 g/mol. The van der Waals surface area contributed by atoms with Crippen molar-refractivity contribution in [3.8, 4) is 0 Å². The van der Waals surface area contributed by atoms with Gasteiger partial charge in [-0.3, -0.25) is 0 Å². The Labute approximate surface area is 94.6 Å². The molecular formula is C13H27NO. The van der Waals surface area contributed by atoms with Gasteiger partial charge in [-0.1, -0.05) is 46.5 Å². The molecule has 15 heavy (non-hydrogen) atoms. The molecule has 1 saturated carbocycles. The first-order valence-corrected chi connectivity index (χ1v) is 6.37. The van der Waals surface area contributed by atoms with E-state index < -0.39 is 0 Å². The third-order valence-corrected chi connectivity index (χ3v) is 3.43. The van der Waals surface area contributed by atoms with E-state index in [0.29, 0.717) is 12.7 Å². The molecule has 1 atom stereocenters. The third-order valence-electron chi connectivity index (χ3n) is 3.43. The van der Waals surface area contributed by atoms with Crippen LogP contribution in [-0.4, -0.2) is 18.8 Å². The second kappa shape index (κ2) is 5.86. The Kier molecular flexibility index (Phi) is 5.07. The van der Waals surface area contributed by atoms with E-state index in [9.17, 15) is 0 Å². The lowest BCUT2D eigenvalue weighted by atomic mass is 9.88.